The van der Waals surface area contributed by atoms with Crippen molar-refractivity contribution in [3.8, 4) is 11.1 Å². The molecule has 318 valence electrons. The van der Waals surface area contributed by atoms with Crippen molar-refractivity contribution < 1.29 is 0 Å². The molecule has 11 aromatic carbocycles. The van der Waals surface area contributed by atoms with Gasteiger partial charge in [0.25, 0.3) is 0 Å². The zero-order chi connectivity index (χ0) is 42.5. The Morgan fingerprint density at radius 1 is 0.324 bits per heavy atom. The molecule has 0 nitrogen and oxygen atoms in total. The van der Waals surface area contributed by atoms with Crippen molar-refractivity contribution in [3.63, 3.8) is 0 Å². The van der Waals surface area contributed by atoms with Crippen molar-refractivity contribution in [2.24, 2.45) is 11.8 Å². The lowest BCUT2D eigenvalue weighted by atomic mass is 9.39. The highest BCUT2D eigenvalue weighted by atomic mass is 32.2. The minimum absolute atomic E-state index is 0.0157. The van der Waals surface area contributed by atoms with Crippen LogP contribution in [0.1, 0.15) is 250 Å². The topological polar surface area (TPSA) is 0 Å². The van der Waals surface area contributed by atoms with E-state index in [1.54, 1.807) is 10.5 Å². The van der Waals surface area contributed by atoms with Crippen LogP contribution in [0, 0.1) is 11.8 Å². The van der Waals surface area contributed by atoms with Crippen LogP contribution in [0.3, 0.4) is 0 Å². The molecule has 0 N–H and O–H groups in total. The maximum absolute atomic E-state index is 2.86. The molecule has 11 aromatic rings. The summed E-state index contributed by atoms with van der Waals surface area (Å²) in [6.45, 7) is 7.74. The minimum atomic E-state index is 0.0157. The summed E-state index contributed by atoms with van der Waals surface area (Å²) in [6.07, 6.45) is 0. The van der Waals surface area contributed by atoms with Gasteiger partial charge in [-0.3, -0.25) is 0 Å². The molecule has 1 heterocycles. The fourth-order valence-electron chi connectivity index (χ4n) is 32.4. The number of hydrogen-bond acceptors (Lipinski definition) is 1. The number of thioether (sulfide) groups is 1. The highest BCUT2D eigenvalue weighted by molar-refractivity contribution is 8.00. The Kier molecular flexibility index (Phi) is 2.66. The van der Waals surface area contributed by atoms with Gasteiger partial charge in [-0.05, 0) is 343 Å². The van der Waals surface area contributed by atoms with Gasteiger partial charge in [-0.15, -0.1) is 11.8 Å². The summed E-state index contributed by atoms with van der Waals surface area (Å²) < 4.78 is 0.0459. The molecule has 23 aliphatic rings. The van der Waals surface area contributed by atoms with Crippen LogP contribution in [-0.2, 0) is 15.6 Å². The number of hydrogen-bond donors (Lipinski definition) is 0. The van der Waals surface area contributed by atoms with Gasteiger partial charge in [0.05, 0.1) is 4.75 Å². The first kappa shape index (κ1) is 28.8. The van der Waals surface area contributed by atoms with E-state index in [1.807, 2.05) is 203 Å². The number of benzene rings is 10. The van der Waals surface area contributed by atoms with E-state index in [9.17, 15) is 0 Å². The van der Waals surface area contributed by atoms with Crippen LogP contribution in [0.15, 0.2) is 23.1 Å². The van der Waals surface area contributed by atoms with Crippen molar-refractivity contribution >= 4 is 97.9 Å². The second-order valence-corrected chi connectivity index (χ2v) is 32.3. The Hall–Kier alpha value is -5.37. The second kappa shape index (κ2) is 6.57. The number of fused-ring (bicyclic) bond motifs is 1. The maximum atomic E-state index is 2.86. The van der Waals surface area contributed by atoms with E-state index in [0.29, 0.717) is 118 Å². The molecule has 0 bridgehead atoms. The van der Waals surface area contributed by atoms with Crippen molar-refractivity contribution in [1.29, 1.82) is 0 Å². The van der Waals surface area contributed by atoms with Crippen LogP contribution in [0.2, 0.25) is 0 Å². The fourth-order valence-corrected chi connectivity index (χ4v) is 34.8. The van der Waals surface area contributed by atoms with Gasteiger partial charge in [0.1, 0.15) is 0 Å². The summed E-state index contributed by atoms with van der Waals surface area (Å²) in [5, 5.41) is 30.7. The molecular weight excluding hydrogens is 873 g/mol. The third-order valence-corrected chi connectivity index (χ3v) is 32.8. The molecule has 22 atom stereocenters. The molecule has 2 spiro atoms. The smallest absolute Gasteiger partial charge is 0.0645 e. The molecule has 1 aliphatic heterocycles. The third-order valence-electron chi connectivity index (χ3n) is 31.0. The van der Waals surface area contributed by atoms with Gasteiger partial charge in [0, 0.05) is 10.3 Å². The first-order chi connectivity index (χ1) is 35.1. The minimum Gasteiger partial charge on any atom is -0.112 e. The average Bonchev–Trinajstić information content (AvgIpc) is 4.38. The second-order valence-electron chi connectivity index (χ2n) is 31.0. The molecule has 34 rings (SSSR count). The first-order valence-electron chi connectivity index (χ1n) is 29.1. The first-order valence-corrected chi connectivity index (χ1v) is 29.9. The van der Waals surface area contributed by atoms with Gasteiger partial charge in [0.15, 0.2) is 0 Å². The van der Waals surface area contributed by atoms with Crippen LogP contribution < -0.4 is 0 Å². The molecule has 71 heavy (non-hydrogen) atoms. The quantitative estimate of drug-likeness (QED) is 0.137. The number of rotatable bonds is 0. The van der Waals surface area contributed by atoms with E-state index >= 15 is 0 Å². The van der Waals surface area contributed by atoms with Gasteiger partial charge >= 0.3 is 0 Å². The van der Waals surface area contributed by atoms with Crippen molar-refractivity contribution in [2.75, 3.05) is 0 Å². The average molecular weight is 905 g/mol. The highest BCUT2D eigenvalue weighted by Crippen LogP contribution is 3.01. The van der Waals surface area contributed by atoms with Crippen LogP contribution in [-0.4, -0.2) is 0 Å². The van der Waals surface area contributed by atoms with Gasteiger partial charge in [0.2, 0.25) is 0 Å². The zero-order valence-corrected chi connectivity index (χ0v) is 39.5. The van der Waals surface area contributed by atoms with Gasteiger partial charge in [-0.2, -0.15) is 0 Å². The highest BCUT2D eigenvalue weighted by Gasteiger charge is 2.89. The zero-order valence-electron chi connectivity index (χ0n) is 38.7. The lowest BCUT2D eigenvalue weighted by molar-refractivity contribution is 0.0341. The molecule has 0 saturated heterocycles. The molecule has 1 saturated carbocycles. The third kappa shape index (κ3) is 1.60. The monoisotopic (exact) mass is 904 g/mol. The van der Waals surface area contributed by atoms with E-state index < -0.39 is 0 Å². The Morgan fingerprint density at radius 2 is 0.634 bits per heavy atom. The largest absolute Gasteiger partial charge is 0.112 e. The van der Waals surface area contributed by atoms with E-state index in [1.165, 1.54) is 0 Å². The fraction of sp³-hybridized carbons (Fsp3) is 0.371. The maximum Gasteiger partial charge on any atom is 0.0645 e. The van der Waals surface area contributed by atoms with E-state index in [0.717, 1.165) is 0 Å². The van der Waals surface area contributed by atoms with E-state index in [2.05, 4.69) is 61.9 Å². The summed E-state index contributed by atoms with van der Waals surface area (Å²) in [6, 6.07) is 8.13. The Bertz CT molecular complexity index is 5530. The molecule has 0 aromatic heterocycles. The normalized spacial score (nSPS) is 47.7. The van der Waals surface area contributed by atoms with Crippen molar-refractivity contribution in [3.05, 3.63) is 141 Å². The predicted molar refractivity (Wildman–Crippen MR) is 275 cm³/mol. The molecule has 22 aliphatic carbocycles. The summed E-state index contributed by atoms with van der Waals surface area (Å²) in [5.74, 6) is 13.3. The summed E-state index contributed by atoms with van der Waals surface area (Å²) in [5.41, 5.74) is 48.2. The molecule has 1 heteroatoms. The Labute approximate surface area is 406 Å². The van der Waals surface area contributed by atoms with Crippen LogP contribution in [0.4, 0.5) is 0 Å². The molecule has 22 unspecified atom stereocenters. The van der Waals surface area contributed by atoms with Gasteiger partial charge in [-0.25, -0.2) is 0 Å². The summed E-state index contributed by atoms with van der Waals surface area (Å²) in [4.78, 5) is 1.78. The molecule has 0 amide bonds. The molecule has 1 fully saturated rings. The lowest BCUT2D eigenvalue weighted by Gasteiger charge is -2.65. The van der Waals surface area contributed by atoms with E-state index in [4.69, 9.17) is 0 Å². The van der Waals surface area contributed by atoms with Crippen LogP contribution in [0.5, 0.6) is 0 Å². The van der Waals surface area contributed by atoms with Crippen molar-refractivity contribution in [2.45, 2.75) is 148 Å². The summed E-state index contributed by atoms with van der Waals surface area (Å²) >= 11 is 2.61. The Balaban J connectivity index is 1.02. The summed E-state index contributed by atoms with van der Waals surface area (Å²) in [7, 11) is 0. The van der Waals surface area contributed by atoms with Crippen LogP contribution >= 0.6 is 11.8 Å². The van der Waals surface area contributed by atoms with E-state index in [-0.39, 0.29) is 15.6 Å². The predicted octanol–water partition coefficient (Wildman–Crippen LogP) is 15.8. The standard InChI is InChI=1S/C70H32S/c1-68(2,3)7-5-4-6-8-67(7)71-70-65-59-53-43-31-23-15-11-9-10-13-17(15)25(31)35-29-21(13)22-14(10)18-16-12(9)20-19(11)27-33(23)41-47-37(27)38-28(20)34-24(16)32-26(18)36-30(22)40-39(29)51(45(35)53)61(65)62-52(40)46(36)54-44(32)50-42(34)48(38)56-55(47)63(57(59)49(41)43)69(8,70)64(56)58(50)60(54)66(62)70/h4-6,11,13,15,17,19,21,27,29,37-40,48,52,56,58,60,62,64,66H,1-3H3. The van der Waals surface area contributed by atoms with Gasteiger partial charge in [-0.1, -0.05) is 39.0 Å². The molecular formula is C70H32S. The Morgan fingerprint density at radius 3 is 1.07 bits per heavy atom. The SMILES string of the molecule is CC(C)(C)c1cccc2c1SC13c4c5c6c7c8c9c%10c%11c%12c%13c%14c%15c(c%16c%13c%10c7c4-%16)C21C1C%15C2c4c7c%10c%13c%15c%16c%17c%18c%19c%20c%21c%22c%23c(c4c4c%22c%19c%16c%104)C2C%14C%12C%23C%21C%11C9C%20C%18C8C6C%17C%15C5C3C%13C71. The van der Waals surface area contributed by atoms with Crippen LogP contribution in [0.25, 0.3) is 97.3 Å². The molecule has 0 radical (unpaired) electrons. The van der Waals surface area contributed by atoms with Crippen molar-refractivity contribution in [1.82, 2.24) is 0 Å². The van der Waals surface area contributed by atoms with Gasteiger partial charge < -0.3 is 0 Å². The lowest BCUT2D eigenvalue weighted by Crippen LogP contribution is -2.62.